The van der Waals surface area contributed by atoms with E-state index in [4.69, 9.17) is 9.47 Å². The topological polar surface area (TPSA) is 101 Å². The first-order chi connectivity index (χ1) is 17.1. The minimum Gasteiger partial charge on any atom is -0.507 e. The molecule has 5 rings (SSSR count). The summed E-state index contributed by atoms with van der Waals surface area (Å²) in [5.74, 6) is 1.02. The zero-order valence-electron chi connectivity index (χ0n) is 19.1. The van der Waals surface area contributed by atoms with Crippen LogP contribution in [0.1, 0.15) is 33.2 Å². The fraction of sp³-hybridized carbons (Fsp3) is 0.148. The molecule has 0 spiro atoms. The van der Waals surface area contributed by atoms with Crippen molar-refractivity contribution in [2.45, 2.75) is 12.6 Å². The highest BCUT2D eigenvalue weighted by atomic mass is 16.5. The second-order valence-corrected chi connectivity index (χ2v) is 8.08. The minimum absolute atomic E-state index is 0.0875. The number of benzene rings is 2. The van der Waals surface area contributed by atoms with Gasteiger partial charge in [0.2, 0.25) is 0 Å². The fourth-order valence-corrected chi connectivity index (χ4v) is 4.40. The Labute approximate surface area is 202 Å². The first-order valence-corrected chi connectivity index (χ1v) is 11.1. The minimum atomic E-state index is -0.478. The van der Waals surface area contributed by atoms with Gasteiger partial charge < -0.3 is 19.5 Å². The maximum Gasteiger partial charge on any atom is 0.273 e. The number of rotatable bonds is 8. The highest BCUT2D eigenvalue weighted by Gasteiger charge is 2.42. The molecule has 2 aromatic heterocycles. The van der Waals surface area contributed by atoms with Gasteiger partial charge in [0.1, 0.15) is 23.7 Å². The predicted octanol–water partition coefficient (Wildman–Crippen LogP) is 4.50. The molecule has 1 amide bonds. The number of amides is 1. The third-order valence-corrected chi connectivity index (χ3v) is 5.96. The molecule has 3 heterocycles. The lowest BCUT2D eigenvalue weighted by Gasteiger charge is -2.27. The molecular formula is C27H24N4O4. The predicted molar refractivity (Wildman–Crippen MR) is 130 cm³/mol. The van der Waals surface area contributed by atoms with Crippen molar-refractivity contribution in [3.05, 3.63) is 102 Å². The van der Waals surface area contributed by atoms with Crippen molar-refractivity contribution < 1.29 is 19.4 Å². The third-order valence-electron chi connectivity index (χ3n) is 5.96. The van der Waals surface area contributed by atoms with E-state index in [1.54, 1.807) is 48.7 Å². The van der Waals surface area contributed by atoms with Crippen LogP contribution in [0.25, 0.3) is 11.3 Å². The van der Waals surface area contributed by atoms with Crippen LogP contribution in [0.15, 0.2) is 79.6 Å². The van der Waals surface area contributed by atoms with Gasteiger partial charge >= 0.3 is 0 Å². The number of nitrogens with one attached hydrogen (secondary N) is 1. The molecule has 0 radical (unpaired) electrons. The van der Waals surface area contributed by atoms with E-state index in [0.717, 1.165) is 11.1 Å². The van der Waals surface area contributed by atoms with Gasteiger partial charge in [-0.3, -0.25) is 14.9 Å². The van der Waals surface area contributed by atoms with E-state index in [1.807, 2.05) is 36.4 Å². The zero-order valence-corrected chi connectivity index (χ0v) is 19.1. The molecule has 35 heavy (non-hydrogen) atoms. The van der Waals surface area contributed by atoms with Gasteiger partial charge in [-0.25, -0.2) is 0 Å². The van der Waals surface area contributed by atoms with E-state index in [2.05, 4.69) is 21.8 Å². The van der Waals surface area contributed by atoms with Gasteiger partial charge in [0.25, 0.3) is 5.91 Å². The number of aromatic nitrogens is 3. The molecule has 1 atom stereocenters. The fourth-order valence-electron chi connectivity index (χ4n) is 4.40. The molecular weight excluding hydrogens is 444 g/mol. The maximum atomic E-state index is 13.6. The Bertz CT molecular complexity index is 1380. The molecule has 0 bridgehead atoms. The van der Waals surface area contributed by atoms with E-state index < -0.39 is 6.04 Å². The van der Waals surface area contributed by atoms with Crippen LogP contribution < -0.4 is 9.47 Å². The SMILES string of the molecule is C=CCOc1ccc([C@@H]2c3c(-c4ccccc4O)n[nH]c3C(=O)N2Cc2cccnc2)cc1OC. The number of carbonyl (C=O) groups is 1. The van der Waals surface area contributed by atoms with Gasteiger partial charge in [0, 0.05) is 30.1 Å². The number of fused-ring (bicyclic) bond motifs is 1. The average molecular weight is 469 g/mol. The van der Waals surface area contributed by atoms with Crippen LogP contribution in [-0.4, -0.2) is 44.8 Å². The van der Waals surface area contributed by atoms with E-state index in [0.29, 0.717) is 47.2 Å². The summed E-state index contributed by atoms with van der Waals surface area (Å²) in [4.78, 5) is 19.5. The molecule has 1 aliphatic heterocycles. The van der Waals surface area contributed by atoms with E-state index in [1.165, 1.54) is 0 Å². The third kappa shape index (κ3) is 3.99. The number of phenols is 1. The number of aromatic amines is 1. The molecule has 176 valence electrons. The lowest BCUT2D eigenvalue weighted by Crippen LogP contribution is -2.29. The Morgan fingerprint density at radius 2 is 2.03 bits per heavy atom. The Morgan fingerprint density at radius 1 is 1.17 bits per heavy atom. The van der Waals surface area contributed by atoms with Crippen molar-refractivity contribution >= 4 is 5.91 Å². The summed E-state index contributed by atoms with van der Waals surface area (Å²) < 4.78 is 11.3. The van der Waals surface area contributed by atoms with E-state index >= 15 is 0 Å². The summed E-state index contributed by atoms with van der Waals surface area (Å²) in [5, 5.41) is 17.9. The van der Waals surface area contributed by atoms with Crippen molar-refractivity contribution in [2.75, 3.05) is 13.7 Å². The van der Waals surface area contributed by atoms with Crippen LogP contribution in [0.5, 0.6) is 17.2 Å². The molecule has 0 saturated carbocycles. The first kappa shape index (κ1) is 22.2. The number of hydrogen-bond acceptors (Lipinski definition) is 6. The zero-order chi connectivity index (χ0) is 24.4. The van der Waals surface area contributed by atoms with Crippen molar-refractivity contribution in [3.8, 4) is 28.5 Å². The molecule has 8 nitrogen and oxygen atoms in total. The number of pyridine rings is 1. The number of phenolic OH excluding ortho intramolecular Hbond substituents is 1. The summed E-state index contributed by atoms with van der Waals surface area (Å²) in [6.45, 7) is 4.37. The summed E-state index contributed by atoms with van der Waals surface area (Å²) in [6, 6.07) is 15.8. The van der Waals surface area contributed by atoms with Gasteiger partial charge in [-0.15, -0.1) is 0 Å². The quantitative estimate of drug-likeness (QED) is 0.370. The standard InChI is InChI=1S/C27H24N4O4/c1-3-13-35-21-11-10-18(14-22(21)34-2)26-23-24(19-8-4-5-9-20(19)32)29-30-25(23)27(33)31(26)16-17-7-6-12-28-15-17/h3-12,14-15,26,32H,1,13,16H2,2H3,(H,29,30)/t26-/m1/s1. The number of carbonyl (C=O) groups excluding carboxylic acids is 1. The molecule has 2 N–H and O–H groups in total. The van der Waals surface area contributed by atoms with E-state index in [-0.39, 0.29) is 11.7 Å². The number of aromatic hydroxyl groups is 1. The van der Waals surface area contributed by atoms with Gasteiger partial charge in [-0.1, -0.05) is 36.9 Å². The average Bonchev–Trinajstić information content (AvgIpc) is 3.42. The largest absolute Gasteiger partial charge is 0.507 e. The van der Waals surface area contributed by atoms with Gasteiger partial charge in [0.15, 0.2) is 11.5 Å². The van der Waals surface area contributed by atoms with E-state index in [9.17, 15) is 9.90 Å². The maximum absolute atomic E-state index is 13.6. The number of hydrogen-bond donors (Lipinski definition) is 2. The number of ether oxygens (including phenoxy) is 2. The Morgan fingerprint density at radius 3 is 2.77 bits per heavy atom. The summed E-state index contributed by atoms with van der Waals surface area (Å²) in [5.41, 5.74) is 3.87. The van der Waals surface area contributed by atoms with Gasteiger partial charge in [-0.05, 0) is 41.5 Å². The second kappa shape index (κ2) is 9.34. The van der Waals surface area contributed by atoms with Crippen LogP contribution in [0.2, 0.25) is 0 Å². The Balaban J connectivity index is 1.65. The Hall–Kier alpha value is -4.59. The lowest BCUT2D eigenvalue weighted by molar-refractivity contribution is 0.0729. The lowest BCUT2D eigenvalue weighted by atomic mass is 9.95. The first-order valence-electron chi connectivity index (χ1n) is 11.1. The number of H-pyrrole nitrogens is 1. The van der Waals surface area contributed by atoms with Crippen LogP contribution in [0.3, 0.4) is 0 Å². The van der Waals surface area contributed by atoms with Crippen molar-refractivity contribution in [2.24, 2.45) is 0 Å². The second-order valence-electron chi connectivity index (χ2n) is 8.08. The highest BCUT2D eigenvalue weighted by Crippen LogP contribution is 2.46. The number of methoxy groups -OCH3 is 1. The summed E-state index contributed by atoms with van der Waals surface area (Å²) in [6.07, 6.45) is 5.10. The van der Waals surface area contributed by atoms with Crippen molar-refractivity contribution in [1.29, 1.82) is 0 Å². The summed E-state index contributed by atoms with van der Waals surface area (Å²) >= 11 is 0. The summed E-state index contributed by atoms with van der Waals surface area (Å²) in [7, 11) is 1.57. The highest BCUT2D eigenvalue weighted by molar-refractivity contribution is 6.00. The Kier molecular flexibility index (Phi) is 5.93. The van der Waals surface area contributed by atoms with Crippen molar-refractivity contribution in [1.82, 2.24) is 20.1 Å². The van der Waals surface area contributed by atoms with Gasteiger partial charge in [-0.2, -0.15) is 5.10 Å². The normalized spacial score (nSPS) is 14.6. The number of nitrogens with zero attached hydrogens (tertiary/aromatic N) is 3. The molecule has 8 heteroatoms. The molecule has 0 fully saturated rings. The van der Waals surface area contributed by atoms with Crippen molar-refractivity contribution in [3.63, 3.8) is 0 Å². The van der Waals surface area contributed by atoms with Crippen LogP contribution in [0, 0.1) is 0 Å². The molecule has 4 aromatic rings. The molecule has 0 saturated heterocycles. The molecule has 1 aliphatic rings. The van der Waals surface area contributed by atoms with Crippen LogP contribution >= 0.6 is 0 Å². The van der Waals surface area contributed by atoms with Crippen LogP contribution in [0.4, 0.5) is 0 Å². The molecule has 0 aliphatic carbocycles. The molecule has 0 unspecified atom stereocenters. The van der Waals surface area contributed by atoms with Crippen LogP contribution in [-0.2, 0) is 6.54 Å². The smallest absolute Gasteiger partial charge is 0.273 e. The monoisotopic (exact) mass is 468 g/mol. The number of para-hydroxylation sites is 1. The van der Waals surface area contributed by atoms with Gasteiger partial charge in [0.05, 0.1) is 13.2 Å². The molecule has 2 aromatic carbocycles.